The number of aromatic nitrogens is 1. The van der Waals surface area contributed by atoms with E-state index in [1.807, 2.05) is 25.1 Å². The van der Waals surface area contributed by atoms with E-state index in [9.17, 15) is 10.1 Å². The number of furan rings is 1. The third-order valence-corrected chi connectivity index (χ3v) is 6.85. The largest absolute Gasteiger partial charge is 0.444 e. The third kappa shape index (κ3) is 4.15. The third-order valence-electron chi connectivity index (χ3n) is 5.42. The smallest absolute Gasteiger partial charge is 0.240 e. The molecular weight excluding hydrogens is 408 g/mol. The van der Waals surface area contributed by atoms with Crippen LogP contribution in [0.2, 0.25) is 5.02 Å². The van der Waals surface area contributed by atoms with Crippen LogP contribution in [0.5, 0.6) is 0 Å². The zero-order valence-electron chi connectivity index (χ0n) is 16.3. The monoisotopic (exact) mass is 428 g/mol. The number of aryl methyl sites for hydroxylation is 1. The molecule has 3 aromatic rings. The van der Waals surface area contributed by atoms with Gasteiger partial charge in [-0.25, -0.2) is 4.98 Å². The molecule has 0 saturated carbocycles. The highest BCUT2D eigenvalue weighted by atomic mass is 35.5. The molecule has 1 N–H and O–H groups in total. The van der Waals surface area contributed by atoms with Gasteiger partial charge >= 0.3 is 0 Å². The Hall–Kier alpha value is -2.40. The number of thiazole rings is 1. The second kappa shape index (κ2) is 8.15. The summed E-state index contributed by atoms with van der Waals surface area (Å²) >= 11 is 7.79. The van der Waals surface area contributed by atoms with Crippen LogP contribution in [0, 0.1) is 25.2 Å². The van der Waals surface area contributed by atoms with Gasteiger partial charge in [0, 0.05) is 16.5 Å². The number of benzene rings is 1. The van der Waals surface area contributed by atoms with Crippen LogP contribution >= 0.6 is 22.9 Å². The standard InChI is InChI=1S/C21H21ClN4O2S/c1-12-13(2)28-20(16(12)10-23)25-19(27)11-26-7-5-14(6-8-26)21-24-17-9-15(22)3-4-18(17)29-21/h3-4,9,14H,5-8,11H2,1-2H3,(H,25,27). The van der Waals surface area contributed by atoms with Crippen molar-refractivity contribution in [1.29, 1.82) is 5.26 Å². The molecule has 0 radical (unpaired) electrons. The van der Waals surface area contributed by atoms with Gasteiger partial charge in [0.25, 0.3) is 0 Å². The first-order valence-electron chi connectivity index (χ1n) is 9.53. The van der Waals surface area contributed by atoms with Crippen LogP contribution in [0.1, 0.15) is 40.7 Å². The highest BCUT2D eigenvalue weighted by molar-refractivity contribution is 7.18. The number of rotatable bonds is 4. The summed E-state index contributed by atoms with van der Waals surface area (Å²) in [5, 5.41) is 13.9. The molecule has 0 aliphatic carbocycles. The lowest BCUT2D eigenvalue weighted by Crippen LogP contribution is -2.38. The minimum Gasteiger partial charge on any atom is -0.444 e. The first-order valence-corrected chi connectivity index (χ1v) is 10.7. The van der Waals surface area contributed by atoms with Gasteiger partial charge in [0.05, 0.1) is 21.8 Å². The van der Waals surface area contributed by atoms with Gasteiger partial charge in [0.2, 0.25) is 11.8 Å². The molecule has 1 amide bonds. The molecule has 29 heavy (non-hydrogen) atoms. The number of nitriles is 1. The minimum absolute atomic E-state index is 0.164. The van der Waals surface area contributed by atoms with Gasteiger partial charge in [-0.15, -0.1) is 11.3 Å². The van der Waals surface area contributed by atoms with Crippen LogP contribution in [0.15, 0.2) is 22.6 Å². The van der Waals surface area contributed by atoms with E-state index in [2.05, 4.69) is 16.3 Å². The highest BCUT2D eigenvalue weighted by Crippen LogP contribution is 2.34. The number of nitrogens with zero attached hydrogens (tertiary/aromatic N) is 3. The summed E-state index contributed by atoms with van der Waals surface area (Å²) in [5.41, 5.74) is 2.11. The maximum Gasteiger partial charge on any atom is 0.240 e. The summed E-state index contributed by atoms with van der Waals surface area (Å²) in [4.78, 5) is 19.3. The molecule has 0 unspecified atom stereocenters. The molecule has 0 spiro atoms. The molecule has 1 fully saturated rings. The molecule has 2 aromatic heterocycles. The lowest BCUT2D eigenvalue weighted by molar-refractivity contribution is -0.117. The zero-order valence-corrected chi connectivity index (χ0v) is 17.9. The van der Waals surface area contributed by atoms with Crippen LogP contribution in [0.3, 0.4) is 0 Å². The van der Waals surface area contributed by atoms with Crippen molar-refractivity contribution in [2.75, 3.05) is 25.0 Å². The Morgan fingerprint density at radius 2 is 2.17 bits per heavy atom. The Morgan fingerprint density at radius 3 is 2.90 bits per heavy atom. The molecule has 1 aliphatic rings. The average molecular weight is 429 g/mol. The Morgan fingerprint density at radius 1 is 1.41 bits per heavy atom. The molecule has 1 aliphatic heterocycles. The second-order valence-electron chi connectivity index (χ2n) is 7.36. The normalized spacial score (nSPS) is 15.5. The number of amides is 1. The van der Waals surface area contributed by atoms with Crippen molar-refractivity contribution in [1.82, 2.24) is 9.88 Å². The SMILES string of the molecule is Cc1oc(NC(=O)CN2CCC(c3nc4cc(Cl)ccc4s3)CC2)c(C#N)c1C. The molecule has 6 nitrogen and oxygen atoms in total. The van der Waals surface area contributed by atoms with Crippen molar-refractivity contribution in [2.45, 2.75) is 32.6 Å². The molecular formula is C21H21ClN4O2S. The van der Waals surface area contributed by atoms with Gasteiger partial charge < -0.3 is 4.42 Å². The van der Waals surface area contributed by atoms with Gasteiger partial charge in [-0.2, -0.15) is 5.26 Å². The Balaban J connectivity index is 1.34. The van der Waals surface area contributed by atoms with Crippen molar-refractivity contribution in [3.05, 3.63) is 45.1 Å². The Bertz CT molecular complexity index is 1110. The number of carbonyl (C=O) groups is 1. The van der Waals surface area contributed by atoms with E-state index >= 15 is 0 Å². The first kappa shape index (κ1) is 19.9. The number of anilines is 1. The highest BCUT2D eigenvalue weighted by Gasteiger charge is 2.25. The van der Waals surface area contributed by atoms with Crippen LogP contribution in [-0.4, -0.2) is 35.4 Å². The van der Waals surface area contributed by atoms with E-state index in [-0.39, 0.29) is 18.3 Å². The molecule has 0 atom stereocenters. The predicted octanol–water partition coefficient (Wildman–Crippen LogP) is 4.85. The minimum atomic E-state index is -0.164. The van der Waals surface area contributed by atoms with E-state index in [4.69, 9.17) is 21.0 Å². The first-order chi connectivity index (χ1) is 13.9. The number of nitrogens with one attached hydrogen (secondary N) is 1. The van der Waals surface area contributed by atoms with Crippen molar-refractivity contribution < 1.29 is 9.21 Å². The Labute approximate surface area is 178 Å². The maximum absolute atomic E-state index is 12.4. The number of likely N-dealkylation sites (tertiary alicyclic amines) is 1. The van der Waals surface area contributed by atoms with Crippen molar-refractivity contribution >= 4 is 44.9 Å². The number of halogens is 1. The fraction of sp³-hybridized carbons (Fsp3) is 0.381. The number of piperidine rings is 1. The van der Waals surface area contributed by atoms with E-state index in [1.54, 1.807) is 18.3 Å². The second-order valence-corrected chi connectivity index (χ2v) is 8.86. The maximum atomic E-state index is 12.4. The summed E-state index contributed by atoms with van der Waals surface area (Å²) in [7, 11) is 0. The fourth-order valence-corrected chi connectivity index (χ4v) is 4.93. The summed E-state index contributed by atoms with van der Waals surface area (Å²) < 4.78 is 6.68. The predicted molar refractivity (Wildman–Crippen MR) is 115 cm³/mol. The molecule has 150 valence electrons. The van der Waals surface area contributed by atoms with Gasteiger partial charge in [0.1, 0.15) is 17.4 Å². The molecule has 8 heteroatoms. The van der Waals surface area contributed by atoms with Crippen LogP contribution < -0.4 is 5.32 Å². The molecule has 4 rings (SSSR count). The summed E-state index contributed by atoms with van der Waals surface area (Å²) in [6.07, 6.45) is 1.92. The van der Waals surface area contributed by atoms with Gasteiger partial charge in [-0.1, -0.05) is 11.6 Å². The molecule has 0 bridgehead atoms. The van der Waals surface area contributed by atoms with Crippen molar-refractivity contribution in [2.24, 2.45) is 0 Å². The van der Waals surface area contributed by atoms with E-state index in [0.29, 0.717) is 22.3 Å². The molecule has 1 saturated heterocycles. The number of hydrogen-bond donors (Lipinski definition) is 1. The molecule has 3 heterocycles. The lowest BCUT2D eigenvalue weighted by Gasteiger charge is -2.30. The van der Waals surface area contributed by atoms with Crippen molar-refractivity contribution in [3.8, 4) is 6.07 Å². The Kier molecular flexibility index (Phi) is 5.59. The van der Waals surface area contributed by atoms with Gasteiger partial charge in [0.15, 0.2) is 0 Å². The van der Waals surface area contributed by atoms with Gasteiger partial charge in [-0.3, -0.25) is 15.0 Å². The van der Waals surface area contributed by atoms with E-state index < -0.39 is 0 Å². The van der Waals surface area contributed by atoms with E-state index in [1.165, 1.54) is 0 Å². The average Bonchev–Trinajstić information content (AvgIpc) is 3.22. The number of carbonyl (C=O) groups excluding carboxylic acids is 1. The molecule has 1 aromatic carbocycles. The quantitative estimate of drug-likeness (QED) is 0.642. The lowest BCUT2D eigenvalue weighted by atomic mass is 9.97. The van der Waals surface area contributed by atoms with Crippen LogP contribution in [0.4, 0.5) is 5.88 Å². The topological polar surface area (TPSA) is 82.2 Å². The van der Waals surface area contributed by atoms with Gasteiger partial charge in [-0.05, 0) is 58.0 Å². The summed E-state index contributed by atoms with van der Waals surface area (Å²) in [6, 6.07) is 7.92. The van der Waals surface area contributed by atoms with E-state index in [0.717, 1.165) is 46.7 Å². The number of hydrogen-bond acceptors (Lipinski definition) is 6. The summed E-state index contributed by atoms with van der Waals surface area (Å²) in [5.74, 6) is 1.14. The number of fused-ring (bicyclic) bond motifs is 1. The van der Waals surface area contributed by atoms with Crippen LogP contribution in [0.25, 0.3) is 10.2 Å². The zero-order chi connectivity index (χ0) is 20.5. The van der Waals surface area contributed by atoms with Crippen molar-refractivity contribution in [3.63, 3.8) is 0 Å². The fourth-order valence-electron chi connectivity index (χ4n) is 3.65. The summed E-state index contributed by atoms with van der Waals surface area (Å²) in [6.45, 7) is 5.54. The van der Waals surface area contributed by atoms with Crippen LogP contribution in [-0.2, 0) is 4.79 Å².